The molecule has 1 heterocycles. The Kier molecular flexibility index (Phi) is 5.12. The number of hydrogen-bond donors (Lipinski definition) is 1. The van der Waals surface area contributed by atoms with Gasteiger partial charge in [0.2, 0.25) is 5.88 Å². The molecule has 0 fully saturated rings. The second-order valence-corrected chi connectivity index (χ2v) is 3.58. The quantitative estimate of drug-likeness (QED) is 0.667. The molecular formula is C11H11F4NO4. The Morgan fingerprint density at radius 3 is 2.60 bits per heavy atom. The van der Waals surface area contributed by atoms with Crippen molar-refractivity contribution < 1.29 is 36.9 Å². The summed E-state index contributed by atoms with van der Waals surface area (Å²) in [4.78, 5) is 14.4. The topological polar surface area (TPSA) is 68.7 Å². The minimum Gasteiger partial charge on any atom is -0.506 e. The summed E-state index contributed by atoms with van der Waals surface area (Å²) in [7, 11) is 0. The molecule has 0 saturated carbocycles. The number of carbonyl (C=O) groups excluding carboxylic acids is 1. The molecule has 1 aromatic heterocycles. The molecule has 1 rings (SSSR count). The van der Waals surface area contributed by atoms with E-state index in [-0.39, 0.29) is 12.2 Å². The van der Waals surface area contributed by atoms with Gasteiger partial charge in [-0.3, -0.25) is 4.79 Å². The van der Waals surface area contributed by atoms with Gasteiger partial charge in [0.1, 0.15) is 18.1 Å². The van der Waals surface area contributed by atoms with Crippen molar-refractivity contribution in [2.75, 3.05) is 6.61 Å². The molecule has 5 nitrogen and oxygen atoms in total. The zero-order valence-electron chi connectivity index (χ0n) is 10.3. The Labute approximate surface area is 111 Å². The zero-order chi connectivity index (χ0) is 15.3. The maximum Gasteiger partial charge on any atom is 0.574 e. The first-order valence-electron chi connectivity index (χ1n) is 5.46. The highest BCUT2D eigenvalue weighted by Gasteiger charge is 2.32. The largest absolute Gasteiger partial charge is 0.574 e. The standard InChI is InChI=1S/C11H11F4NO4/c1-2-19-9(17)4-6-3-8(20-11(13,14)15)16-7(5-12)10(6)18/h3,18H,2,4-5H2,1H3. The lowest BCUT2D eigenvalue weighted by Gasteiger charge is -2.12. The van der Waals surface area contributed by atoms with Crippen LogP contribution in [0.1, 0.15) is 18.2 Å². The van der Waals surface area contributed by atoms with Crippen molar-refractivity contribution in [2.45, 2.75) is 26.4 Å². The predicted octanol–water partition coefficient (Wildman–Crippen LogP) is 2.26. The number of ether oxygens (including phenoxy) is 2. The van der Waals surface area contributed by atoms with Crippen LogP contribution in [0.4, 0.5) is 17.6 Å². The molecular weight excluding hydrogens is 286 g/mol. The van der Waals surface area contributed by atoms with Crippen LogP contribution in [-0.2, 0) is 22.6 Å². The van der Waals surface area contributed by atoms with Gasteiger partial charge >= 0.3 is 12.3 Å². The van der Waals surface area contributed by atoms with E-state index in [2.05, 4.69) is 14.5 Å². The number of alkyl halides is 4. The summed E-state index contributed by atoms with van der Waals surface area (Å²) in [6, 6.07) is 0.707. The fraction of sp³-hybridized carbons (Fsp3) is 0.455. The zero-order valence-corrected chi connectivity index (χ0v) is 10.3. The van der Waals surface area contributed by atoms with Gasteiger partial charge in [0, 0.05) is 11.6 Å². The predicted molar refractivity (Wildman–Crippen MR) is 57.7 cm³/mol. The average Bonchev–Trinajstić information content (AvgIpc) is 2.31. The molecule has 0 aliphatic carbocycles. The van der Waals surface area contributed by atoms with Crippen molar-refractivity contribution >= 4 is 5.97 Å². The number of rotatable bonds is 5. The first kappa shape index (κ1) is 16.0. The third-order valence-corrected chi connectivity index (χ3v) is 2.11. The van der Waals surface area contributed by atoms with Crippen molar-refractivity contribution in [3.8, 4) is 11.6 Å². The van der Waals surface area contributed by atoms with E-state index in [0.29, 0.717) is 6.07 Å². The molecule has 0 atom stereocenters. The Balaban J connectivity index is 3.08. The molecule has 0 radical (unpaired) electrons. The molecule has 1 aromatic rings. The first-order valence-corrected chi connectivity index (χ1v) is 5.46. The van der Waals surface area contributed by atoms with Crippen LogP contribution in [0.3, 0.4) is 0 Å². The van der Waals surface area contributed by atoms with E-state index in [9.17, 15) is 27.5 Å². The smallest absolute Gasteiger partial charge is 0.506 e. The van der Waals surface area contributed by atoms with Gasteiger partial charge in [-0.25, -0.2) is 9.37 Å². The van der Waals surface area contributed by atoms with Crippen LogP contribution in [0, 0.1) is 0 Å². The lowest BCUT2D eigenvalue weighted by atomic mass is 10.1. The minimum atomic E-state index is -5.02. The molecule has 1 N–H and O–H groups in total. The Hall–Kier alpha value is -2.06. The highest BCUT2D eigenvalue weighted by molar-refractivity contribution is 5.73. The molecule has 9 heteroatoms. The van der Waals surface area contributed by atoms with Gasteiger partial charge in [-0.1, -0.05) is 0 Å². The van der Waals surface area contributed by atoms with Gasteiger partial charge < -0.3 is 14.6 Å². The lowest BCUT2D eigenvalue weighted by Crippen LogP contribution is -2.19. The van der Waals surface area contributed by atoms with Gasteiger partial charge in [0.25, 0.3) is 0 Å². The molecule has 0 spiro atoms. The van der Waals surface area contributed by atoms with Crippen LogP contribution in [0.25, 0.3) is 0 Å². The fourth-order valence-corrected chi connectivity index (χ4v) is 1.39. The lowest BCUT2D eigenvalue weighted by molar-refractivity contribution is -0.276. The van der Waals surface area contributed by atoms with E-state index in [0.717, 1.165) is 0 Å². The molecule has 112 valence electrons. The van der Waals surface area contributed by atoms with Gasteiger partial charge in [0.15, 0.2) is 0 Å². The van der Waals surface area contributed by atoms with Crippen LogP contribution in [0.15, 0.2) is 6.07 Å². The molecule has 0 aromatic carbocycles. The number of halogens is 4. The monoisotopic (exact) mass is 297 g/mol. The van der Waals surface area contributed by atoms with Gasteiger partial charge in [-0.15, -0.1) is 13.2 Å². The number of hydrogen-bond acceptors (Lipinski definition) is 5. The molecule has 0 aliphatic heterocycles. The minimum absolute atomic E-state index is 0.0621. The molecule has 20 heavy (non-hydrogen) atoms. The van der Waals surface area contributed by atoms with Crippen molar-refractivity contribution in [2.24, 2.45) is 0 Å². The molecule has 0 amide bonds. The fourth-order valence-electron chi connectivity index (χ4n) is 1.39. The number of aromatic hydroxyl groups is 1. The van der Waals surface area contributed by atoms with E-state index in [1.807, 2.05) is 0 Å². The third-order valence-electron chi connectivity index (χ3n) is 2.11. The first-order chi connectivity index (χ1) is 9.26. The van der Waals surface area contributed by atoms with Crippen molar-refractivity contribution in [3.63, 3.8) is 0 Å². The molecule has 0 saturated heterocycles. The average molecular weight is 297 g/mol. The number of esters is 1. The maximum absolute atomic E-state index is 12.6. The van der Waals surface area contributed by atoms with E-state index in [4.69, 9.17) is 0 Å². The Morgan fingerprint density at radius 2 is 2.10 bits per heavy atom. The summed E-state index contributed by atoms with van der Waals surface area (Å²) in [6.45, 7) is 0.290. The summed E-state index contributed by atoms with van der Waals surface area (Å²) in [5.41, 5.74) is -0.906. The van der Waals surface area contributed by atoms with Gasteiger partial charge in [-0.05, 0) is 6.92 Å². The molecule has 0 aliphatic rings. The van der Waals surface area contributed by atoms with Crippen LogP contribution < -0.4 is 4.74 Å². The Bertz CT molecular complexity index is 490. The third kappa shape index (κ3) is 4.56. The van der Waals surface area contributed by atoms with Crippen molar-refractivity contribution in [1.29, 1.82) is 0 Å². The van der Waals surface area contributed by atoms with E-state index >= 15 is 0 Å². The van der Waals surface area contributed by atoms with Crippen molar-refractivity contribution in [3.05, 3.63) is 17.3 Å². The number of pyridine rings is 1. The summed E-state index contributed by atoms with van der Waals surface area (Å²) in [5, 5.41) is 9.58. The number of nitrogens with zero attached hydrogens (tertiary/aromatic N) is 1. The molecule has 0 bridgehead atoms. The number of aromatic nitrogens is 1. The van der Waals surface area contributed by atoms with Gasteiger partial charge in [-0.2, -0.15) is 0 Å². The van der Waals surface area contributed by atoms with Crippen LogP contribution in [0.5, 0.6) is 11.6 Å². The van der Waals surface area contributed by atoms with E-state index in [1.54, 1.807) is 0 Å². The summed E-state index contributed by atoms with van der Waals surface area (Å²) in [6.07, 6.45) is -5.54. The second kappa shape index (κ2) is 6.40. The second-order valence-electron chi connectivity index (χ2n) is 3.58. The van der Waals surface area contributed by atoms with Crippen LogP contribution in [-0.4, -0.2) is 29.0 Å². The highest BCUT2D eigenvalue weighted by atomic mass is 19.4. The highest BCUT2D eigenvalue weighted by Crippen LogP contribution is 2.29. The Morgan fingerprint density at radius 1 is 1.45 bits per heavy atom. The normalized spacial score (nSPS) is 11.2. The van der Waals surface area contributed by atoms with Crippen LogP contribution >= 0.6 is 0 Å². The maximum atomic E-state index is 12.6. The number of carbonyl (C=O) groups is 1. The SMILES string of the molecule is CCOC(=O)Cc1cc(OC(F)(F)F)nc(CF)c1O. The summed E-state index contributed by atoms with van der Waals surface area (Å²) in [5.74, 6) is -2.44. The van der Waals surface area contributed by atoms with E-state index < -0.39 is 42.8 Å². The summed E-state index contributed by atoms with van der Waals surface area (Å²) < 4.78 is 57.0. The van der Waals surface area contributed by atoms with E-state index in [1.165, 1.54) is 6.92 Å². The molecule has 0 unspecified atom stereocenters. The summed E-state index contributed by atoms with van der Waals surface area (Å²) >= 11 is 0. The van der Waals surface area contributed by atoms with Gasteiger partial charge in [0.05, 0.1) is 13.0 Å². The van der Waals surface area contributed by atoms with Crippen LogP contribution in [0.2, 0.25) is 0 Å². The van der Waals surface area contributed by atoms with Crippen molar-refractivity contribution in [1.82, 2.24) is 4.98 Å².